The van der Waals surface area contributed by atoms with E-state index in [2.05, 4.69) is 36.6 Å². The fourth-order valence-electron chi connectivity index (χ4n) is 2.37. The number of rotatable bonds is 4. The smallest absolute Gasteiger partial charge is 0.242 e. The van der Waals surface area contributed by atoms with E-state index in [1.54, 1.807) is 18.2 Å². The van der Waals surface area contributed by atoms with Crippen molar-refractivity contribution < 1.29 is 8.42 Å². The highest BCUT2D eigenvalue weighted by atomic mass is 79.9. The van der Waals surface area contributed by atoms with Gasteiger partial charge in [0.1, 0.15) is 0 Å². The Balaban J connectivity index is 2.40. The summed E-state index contributed by atoms with van der Waals surface area (Å²) < 4.78 is 29.1. The van der Waals surface area contributed by atoms with Gasteiger partial charge in [0, 0.05) is 8.95 Å². The van der Waals surface area contributed by atoms with Gasteiger partial charge in [-0.2, -0.15) is 4.72 Å². The molecule has 0 heterocycles. The third kappa shape index (κ3) is 3.24. The van der Waals surface area contributed by atoms with Gasteiger partial charge in [-0.15, -0.1) is 0 Å². The molecule has 0 radical (unpaired) electrons. The third-order valence-electron chi connectivity index (χ3n) is 3.44. The summed E-state index contributed by atoms with van der Waals surface area (Å²) in [6, 6.07) is 5.00. The number of sulfonamides is 1. The molecule has 3 N–H and O–H groups in total. The standard InChI is InChI=1S/C12H14Br2N2O2S2/c13-8-3-4-9(14)10(7-8)20(17,18)16-12(11(15)19)5-1-2-6-12/h3-4,7,16H,1-2,5-6H2,(H2,15,19). The first-order valence-electron chi connectivity index (χ1n) is 6.06. The van der Waals surface area contributed by atoms with Gasteiger partial charge in [0.15, 0.2) is 0 Å². The van der Waals surface area contributed by atoms with Gasteiger partial charge in [-0.05, 0) is 47.0 Å². The lowest BCUT2D eigenvalue weighted by molar-refractivity contribution is 0.502. The molecule has 0 amide bonds. The lowest BCUT2D eigenvalue weighted by Crippen LogP contribution is -2.54. The molecule has 0 aromatic heterocycles. The second kappa shape index (κ2) is 6.00. The molecule has 1 aliphatic carbocycles. The van der Waals surface area contributed by atoms with Crippen LogP contribution >= 0.6 is 44.1 Å². The zero-order valence-corrected chi connectivity index (χ0v) is 15.3. The summed E-state index contributed by atoms with van der Waals surface area (Å²) in [6.45, 7) is 0. The number of nitrogens with two attached hydrogens (primary N) is 1. The van der Waals surface area contributed by atoms with E-state index in [1.807, 2.05) is 0 Å². The van der Waals surface area contributed by atoms with Crippen molar-refractivity contribution in [1.82, 2.24) is 4.72 Å². The molecule has 0 spiro atoms. The molecule has 1 aromatic rings. The molecule has 1 saturated carbocycles. The third-order valence-corrected chi connectivity index (χ3v) is 6.86. The highest BCUT2D eigenvalue weighted by Gasteiger charge is 2.41. The van der Waals surface area contributed by atoms with Crippen LogP contribution in [0.25, 0.3) is 0 Å². The molecule has 0 atom stereocenters. The minimum atomic E-state index is -3.69. The van der Waals surface area contributed by atoms with E-state index in [1.165, 1.54) is 0 Å². The number of nitrogens with one attached hydrogen (secondary N) is 1. The van der Waals surface area contributed by atoms with Crippen molar-refractivity contribution in [3.8, 4) is 0 Å². The lowest BCUT2D eigenvalue weighted by atomic mass is 10.00. The number of hydrogen-bond donors (Lipinski definition) is 2. The van der Waals surface area contributed by atoms with E-state index in [9.17, 15) is 8.42 Å². The molecule has 8 heteroatoms. The average molecular weight is 442 g/mol. The number of benzene rings is 1. The molecule has 0 saturated heterocycles. The summed E-state index contributed by atoms with van der Waals surface area (Å²) in [7, 11) is -3.69. The van der Waals surface area contributed by atoms with Gasteiger partial charge in [0.05, 0.1) is 15.4 Å². The second-order valence-corrected chi connectivity index (χ2v) is 8.69. The van der Waals surface area contributed by atoms with Crippen LogP contribution in [0.4, 0.5) is 0 Å². The molecule has 2 rings (SSSR count). The Morgan fingerprint density at radius 3 is 2.45 bits per heavy atom. The van der Waals surface area contributed by atoms with Crippen molar-refractivity contribution in [2.45, 2.75) is 36.1 Å². The molecular formula is C12H14Br2N2O2S2. The van der Waals surface area contributed by atoms with Gasteiger partial charge in [0.25, 0.3) is 0 Å². The van der Waals surface area contributed by atoms with Gasteiger partial charge < -0.3 is 5.73 Å². The maximum atomic E-state index is 12.6. The van der Waals surface area contributed by atoms with Gasteiger partial charge in [-0.3, -0.25) is 0 Å². The van der Waals surface area contributed by atoms with E-state index in [-0.39, 0.29) is 9.88 Å². The fraction of sp³-hybridized carbons (Fsp3) is 0.417. The Morgan fingerprint density at radius 1 is 1.30 bits per heavy atom. The van der Waals surface area contributed by atoms with Crippen LogP contribution in [0.2, 0.25) is 0 Å². The van der Waals surface area contributed by atoms with E-state index >= 15 is 0 Å². The van der Waals surface area contributed by atoms with Crippen molar-refractivity contribution in [3.05, 3.63) is 27.1 Å². The van der Waals surface area contributed by atoms with Crippen molar-refractivity contribution in [2.24, 2.45) is 5.73 Å². The van der Waals surface area contributed by atoms with Crippen LogP contribution in [0.15, 0.2) is 32.0 Å². The first kappa shape index (κ1) is 16.4. The second-order valence-electron chi connectivity index (χ2n) is 4.83. The van der Waals surface area contributed by atoms with Gasteiger partial charge in [-0.1, -0.05) is 41.0 Å². The molecule has 4 nitrogen and oxygen atoms in total. The first-order valence-corrected chi connectivity index (χ1v) is 9.53. The van der Waals surface area contributed by atoms with Crippen LogP contribution in [0.5, 0.6) is 0 Å². The molecule has 0 unspecified atom stereocenters. The molecule has 1 fully saturated rings. The molecule has 1 aliphatic rings. The normalized spacial score (nSPS) is 18.1. The zero-order valence-electron chi connectivity index (χ0n) is 10.5. The van der Waals surface area contributed by atoms with Crippen LogP contribution in [0, 0.1) is 0 Å². The molecule has 20 heavy (non-hydrogen) atoms. The SMILES string of the molecule is NC(=S)C1(NS(=O)(=O)c2cc(Br)ccc2Br)CCCC1. The van der Waals surface area contributed by atoms with Crippen molar-refractivity contribution in [2.75, 3.05) is 0 Å². The van der Waals surface area contributed by atoms with Crippen molar-refractivity contribution >= 4 is 59.1 Å². The van der Waals surface area contributed by atoms with Crippen LogP contribution in [0.1, 0.15) is 25.7 Å². The van der Waals surface area contributed by atoms with E-state index in [4.69, 9.17) is 18.0 Å². The minimum Gasteiger partial charge on any atom is -0.392 e. The minimum absolute atomic E-state index is 0.175. The molecule has 0 aliphatic heterocycles. The maximum Gasteiger partial charge on any atom is 0.242 e. The summed E-state index contributed by atoms with van der Waals surface area (Å²) >= 11 is 11.6. The Kier molecular flexibility index (Phi) is 4.91. The molecule has 110 valence electrons. The van der Waals surface area contributed by atoms with E-state index in [0.717, 1.165) is 12.8 Å². The van der Waals surface area contributed by atoms with Crippen LogP contribution in [0.3, 0.4) is 0 Å². The summed E-state index contributed by atoms with van der Waals surface area (Å²) in [5.41, 5.74) is 4.97. The predicted octanol–water partition coefficient (Wildman–Crippen LogP) is 3.09. The van der Waals surface area contributed by atoms with Crippen LogP contribution < -0.4 is 10.5 Å². The van der Waals surface area contributed by atoms with Gasteiger partial charge in [-0.25, -0.2) is 8.42 Å². The number of hydrogen-bond acceptors (Lipinski definition) is 3. The number of halogens is 2. The summed E-state index contributed by atoms with van der Waals surface area (Å²) in [4.78, 5) is 0.388. The van der Waals surface area contributed by atoms with Gasteiger partial charge >= 0.3 is 0 Å². The van der Waals surface area contributed by atoms with Crippen LogP contribution in [-0.4, -0.2) is 18.9 Å². The average Bonchev–Trinajstić information content (AvgIpc) is 2.81. The van der Waals surface area contributed by atoms with Crippen LogP contribution in [-0.2, 0) is 10.0 Å². The first-order chi connectivity index (χ1) is 9.27. The quantitative estimate of drug-likeness (QED) is 0.704. The van der Waals surface area contributed by atoms with Crippen molar-refractivity contribution in [3.63, 3.8) is 0 Å². The lowest BCUT2D eigenvalue weighted by Gasteiger charge is -2.28. The van der Waals surface area contributed by atoms with E-state index < -0.39 is 15.6 Å². The Morgan fingerprint density at radius 2 is 1.90 bits per heavy atom. The Labute approximate surface area is 140 Å². The topological polar surface area (TPSA) is 72.2 Å². The molecule has 0 bridgehead atoms. The highest BCUT2D eigenvalue weighted by Crippen LogP contribution is 2.33. The van der Waals surface area contributed by atoms with Gasteiger partial charge in [0.2, 0.25) is 10.0 Å². The molecule has 1 aromatic carbocycles. The van der Waals surface area contributed by atoms with Crippen molar-refractivity contribution in [1.29, 1.82) is 0 Å². The summed E-state index contributed by atoms with van der Waals surface area (Å²) in [5.74, 6) is 0. The highest BCUT2D eigenvalue weighted by molar-refractivity contribution is 9.11. The van der Waals surface area contributed by atoms with E-state index in [0.29, 0.717) is 21.8 Å². The largest absolute Gasteiger partial charge is 0.392 e. The fourth-order valence-corrected chi connectivity index (χ4v) is 5.64. The summed E-state index contributed by atoms with van der Waals surface area (Å²) in [5, 5.41) is 0. The molecular weight excluding hydrogens is 428 g/mol. The monoisotopic (exact) mass is 440 g/mol. The summed E-state index contributed by atoms with van der Waals surface area (Å²) in [6.07, 6.45) is 3.12. The Bertz CT molecular complexity index is 641. The Hall–Kier alpha value is -0.0200. The number of thiocarbonyl (C=S) groups is 1. The maximum absolute atomic E-state index is 12.6. The predicted molar refractivity (Wildman–Crippen MR) is 90.1 cm³/mol. The zero-order chi connectivity index (χ0) is 15.0.